The highest BCUT2D eigenvalue weighted by Crippen LogP contribution is 2.70. The number of hydrogen-bond acceptors (Lipinski definition) is 3. The fourth-order valence-electron chi connectivity index (χ4n) is 3.55. The predicted molar refractivity (Wildman–Crippen MR) is 60.3 cm³/mol. The number of carbonyl (C=O) groups is 1. The SMILES string of the molecule is Cc1nn(CCC(=O)[O-])c2c1[C@H]1[C@@H](C2)C1(C)C. The van der Waals surface area contributed by atoms with Gasteiger partial charge < -0.3 is 9.90 Å². The third-order valence-electron chi connectivity index (χ3n) is 4.59. The van der Waals surface area contributed by atoms with Crippen LogP contribution in [0, 0.1) is 18.3 Å². The van der Waals surface area contributed by atoms with Gasteiger partial charge in [-0.25, -0.2) is 0 Å². The zero-order chi connectivity index (χ0) is 12.4. The molecule has 2 aliphatic carbocycles. The standard InChI is InChI=1S/C13H18N2O2/c1-7-11-9(6-8-12(11)13(8,2)3)15(14-7)5-4-10(16)17/h8,12H,4-6H2,1-3H3,(H,16,17)/p-1/t8-,12-/m1/s1. The van der Waals surface area contributed by atoms with Gasteiger partial charge in [0.15, 0.2) is 0 Å². The van der Waals surface area contributed by atoms with E-state index in [-0.39, 0.29) is 6.42 Å². The first-order valence-electron chi connectivity index (χ1n) is 6.19. The molecule has 4 nitrogen and oxygen atoms in total. The van der Waals surface area contributed by atoms with Crippen LogP contribution in [-0.2, 0) is 17.8 Å². The monoisotopic (exact) mass is 233 g/mol. The van der Waals surface area contributed by atoms with E-state index in [1.54, 1.807) is 0 Å². The van der Waals surface area contributed by atoms with Gasteiger partial charge in [-0.3, -0.25) is 4.68 Å². The highest BCUT2D eigenvalue weighted by molar-refractivity contribution is 5.64. The maximum atomic E-state index is 10.5. The molecule has 1 saturated carbocycles. The fraction of sp³-hybridized carbons (Fsp3) is 0.692. The van der Waals surface area contributed by atoms with Gasteiger partial charge in [-0.1, -0.05) is 13.8 Å². The number of aliphatic carboxylic acids is 1. The Labute approximate surface area is 101 Å². The van der Waals surface area contributed by atoms with Crippen LogP contribution < -0.4 is 5.11 Å². The van der Waals surface area contributed by atoms with Crippen LogP contribution in [0.2, 0.25) is 0 Å². The summed E-state index contributed by atoms with van der Waals surface area (Å²) in [6.45, 7) is 7.09. The second-order valence-corrected chi connectivity index (χ2v) is 5.90. The summed E-state index contributed by atoms with van der Waals surface area (Å²) in [5.74, 6) is 0.382. The highest BCUT2D eigenvalue weighted by atomic mass is 16.4. The van der Waals surface area contributed by atoms with Crippen molar-refractivity contribution in [1.29, 1.82) is 0 Å². The third kappa shape index (κ3) is 1.36. The highest BCUT2D eigenvalue weighted by Gasteiger charge is 2.63. The minimum atomic E-state index is -1.00. The van der Waals surface area contributed by atoms with Crippen molar-refractivity contribution in [3.63, 3.8) is 0 Å². The van der Waals surface area contributed by atoms with Crippen LogP contribution in [0.1, 0.15) is 43.1 Å². The Hall–Kier alpha value is -1.32. The molecule has 92 valence electrons. The number of carbonyl (C=O) groups excluding carboxylic acids is 1. The predicted octanol–water partition coefficient (Wildman–Crippen LogP) is 0.627. The summed E-state index contributed by atoms with van der Waals surface area (Å²) in [5.41, 5.74) is 4.15. The van der Waals surface area contributed by atoms with Gasteiger partial charge >= 0.3 is 0 Å². The van der Waals surface area contributed by atoms with E-state index in [1.807, 2.05) is 11.6 Å². The number of hydrogen-bond donors (Lipinski definition) is 0. The van der Waals surface area contributed by atoms with Crippen LogP contribution in [0.4, 0.5) is 0 Å². The normalized spacial score (nSPS) is 27.7. The first kappa shape index (κ1) is 10.8. The number of aryl methyl sites for hydroxylation is 2. The molecule has 0 aromatic carbocycles. The van der Waals surface area contributed by atoms with Crippen molar-refractivity contribution in [3.05, 3.63) is 17.0 Å². The molecule has 0 aliphatic heterocycles. The molecule has 0 spiro atoms. The number of nitrogens with zero attached hydrogens (tertiary/aromatic N) is 2. The molecule has 0 radical (unpaired) electrons. The first-order valence-corrected chi connectivity index (χ1v) is 6.19. The molecule has 0 unspecified atom stereocenters. The van der Waals surface area contributed by atoms with E-state index in [0.29, 0.717) is 17.9 Å². The Balaban J connectivity index is 1.89. The quantitative estimate of drug-likeness (QED) is 0.769. The minimum absolute atomic E-state index is 0.0479. The average Bonchev–Trinajstić information content (AvgIpc) is 2.63. The summed E-state index contributed by atoms with van der Waals surface area (Å²) in [6, 6.07) is 0. The van der Waals surface area contributed by atoms with E-state index in [0.717, 1.165) is 18.0 Å². The van der Waals surface area contributed by atoms with E-state index >= 15 is 0 Å². The summed E-state index contributed by atoms with van der Waals surface area (Å²) in [6.07, 6.45) is 1.10. The molecule has 2 aliphatic rings. The maximum Gasteiger partial charge on any atom is 0.0631 e. The Bertz CT molecular complexity index is 502. The number of carboxylic acids is 1. The van der Waals surface area contributed by atoms with Crippen molar-refractivity contribution >= 4 is 5.97 Å². The van der Waals surface area contributed by atoms with E-state index in [2.05, 4.69) is 18.9 Å². The lowest BCUT2D eigenvalue weighted by molar-refractivity contribution is -0.306. The maximum absolute atomic E-state index is 10.5. The fourth-order valence-corrected chi connectivity index (χ4v) is 3.55. The smallest absolute Gasteiger partial charge is 0.0631 e. The van der Waals surface area contributed by atoms with E-state index in [4.69, 9.17) is 0 Å². The molecule has 1 aromatic rings. The minimum Gasteiger partial charge on any atom is -0.550 e. The van der Waals surface area contributed by atoms with Crippen LogP contribution in [-0.4, -0.2) is 15.7 Å². The van der Waals surface area contributed by atoms with Gasteiger partial charge in [0.05, 0.1) is 5.69 Å². The van der Waals surface area contributed by atoms with Crippen LogP contribution in [0.15, 0.2) is 0 Å². The molecular formula is C13H17N2O2-. The van der Waals surface area contributed by atoms with E-state index < -0.39 is 5.97 Å². The van der Waals surface area contributed by atoms with Gasteiger partial charge in [0, 0.05) is 30.2 Å². The van der Waals surface area contributed by atoms with Gasteiger partial charge in [-0.15, -0.1) is 0 Å². The molecule has 0 N–H and O–H groups in total. The lowest BCUT2D eigenvalue weighted by Gasteiger charge is -2.11. The Morgan fingerprint density at radius 3 is 2.94 bits per heavy atom. The van der Waals surface area contributed by atoms with Gasteiger partial charge in [-0.05, 0) is 30.6 Å². The van der Waals surface area contributed by atoms with Gasteiger partial charge in [0.25, 0.3) is 0 Å². The van der Waals surface area contributed by atoms with Crippen molar-refractivity contribution in [1.82, 2.24) is 9.78 Å². The largest absolute Gasteiger partial charge is 0.550 e. The van der Waals surface area contributed by atoms with Gasteiger partial charge in [0.2, 0.25) is 0 Å². The number of aromatic nitrogens is 2. The molecule has 3 rings (SSSR count). The summed E-state index contributed by atoms with van der Waals surface area (Å²) >= 11 is 0. The molecule has 0 amide bonds. The molecule has 4 heteroatoms. The second-order valence-electron chi connectivity index (χ2n) is 5.90. The first-order chi connectivity index (χ1) is 7.93. The molecule has 1 fully saturated rings. The zero-order valence-electron chi connectivity index (χ0n) is 10.5. The van der Waals surface area contributed by atoms with Crippen molar-refractivity contribution in [2.75, 3.05) is 0 Å². The van der Waals surface area contributed by atoms with Crippen molar-refractivity contribution in [2.45, 2.75) is 46.1 Å². The molecule has 1 heterocycles. The second kappa shape index (κ2) is 3.12. The number of fused-ring (bicyclic) bond motifs is 3. The van der Waals surface area contributed by atoms with Gasteiger partial charge in [-0.2, -0.15) is 5.10 Å². The van der Waals surface area contributed by atoms with Crippen LogP contribution in [0.3, 0.4) is 0 Å². The molecule has 0 saturated heterocycles. The van der Waals surface area contributed by atoms with Crippen LogP contribution in [0.25, 0.3) is 0 Å². The lowest BCUT2D eigenvalue weighted by Crippen LogP contribution is -2.24. The Kier molecular flexibility index (Phi) is 1.98. The summed E-state index contributed by atoms with van der Waals surface area (Å²) in [7, 11) is 0. The summed E-state index contributed by atoms with van der Waals surface area (Å²) in [5, 5.41) is 15.0. The number of carboxylic acid groups (broad SMARTS) is 1. The summed E-state index contributed by atoms with van der Waals surface area (Å²) in [4.78, 5) is 10.5. The summed E-state index contributed by atoms with van der Waals surface area (Å²) < 4.78 is 1.88. The lowest BCUT2D eigenvalue weighted by atomic mass is 9.98. The zero-order valence-corrected chi connectivity index (χ0v) is 10.5. The molecule has 1 aromatic heterocycles. The third-order valence-corrected chi connectivity index (χ3v) is 4.59. The van der Waals surface area contributed by atoms with Gasteiger partial charge in [0.1, 0.15) is 0 Å². The number of rotatable bonds is 3. The molecular weight excluding hydrogens is 216 g/mol. The Morgan fingerprint density at radius 1 is 1.59 bits per heavy atom. The Morgan fingerprint density at radius 2 is 2.29 bits per heavy atom. The average molecular weight is 233 g/mol. The molecule has 17 heavy (non-hydrogen) atoms. The van der Waals surface area contributed by atoms with Crippen molar-refractivity contribution in [2.24, 2.45) is 11.3 Å². The van der Waals surface area contributed by atoms with Crippen molar-refractivity contribution < 1.29 is 9.90 Å². The van der Waals surface area contributed by atoms with E-state index in [1.165, 1.54) is 11.3 Å². The van der Waals surface area contributed by atoms with Crippen LogP contribution in [0.5, 0.6) is 0 Å². The van der Waals surface area contributed by atoms with Crippen molar-refractivity contribution in [3.8, 4) is 0 Å². The molecule has 2 atom stereocenters. The molecule has 0 bridgehead atoms. The van der Waals surface area contributed by atoms with Crippen LogP contribution >= 0.6 is 0 Å². The topological polar surface area (TPSA) is 58.0 Å². The van der Waals surface area contributed by atoms with E-state index in [9.17, 15) is 9.90 Å².